The predicted octanol–water partition coefficient (Wildman–Crippen LogP) is 1.07. The first-order chi connectivity index (χ1) is 19.3. The van der Waals surface area contributed by atoms with E-state index in [1.165, 1.54) is 18.2 Å². The Morgan fingerprint density at radius 2 is 1.20 bits per heavy atom. The van der Waals surface area contributed by atoms with Gasteiger partial charge in [-0.15, -0.1) is 0 Å². The zero-order chi connectivity index (χ0) is 29.2. The van der Waals surface area contributed by atoms with Gasteiger partial charge in [-0.05, 0) is 65.1 Å². The first kappa shape index (κ1) is 33.5. The topological polar surface area (TPSA) is 181 Å². The number of amides is 3. The van der Waals surface area contributed by atoms with E-state index in [2.05, 4.69) is 27.9 Å². The molecule has 13 heteroatoms. The number of benzene rings is 2. The summed E-state index contributed by atoms with van der Waals surface area (Å²) in [5.74, 6) is -1.49. The SMILES string of the molecule is NCCOCCOCCN(CCOCCOCCN)C(=O)c1cc(NC(=O)c2ccc(I)cc2)cc(C(N)=O)c1. The Balaban J connectivity index is 2.12. The normalized spacial score (nSPS) is 10.9. The number of anilines is 1. The number of nitrogens with zero attached hydrogens (tertiary/aromatic N) is 1. The third kappa shape index (κ3) is 12.7. The molecule has 0 radical (unpaired) electrons. The molecule has 0 aromatic heterocycles. The minimum absolute atomic E-state index is 0.0883. The lowest BCUT2D eigenvalue weighted by Gasteiger charge is -2.23. The van der Waals surface area contributed by atoms with E-state index >= 15 is 0 Å². The Bertz CT molecular complexity index is 1050. The van der Waals surface area contributed by atoms with Crippen molar-refractivity contribution in [3.63, 3.8) is 0 Å². The van der Waals surface area contributed by atoms with E-state index in [1.54, 1.807) is 29.2 Å². The Morgan fingerprint density at radius 3 is 1.70 bits per heavy atom. The van der Waals surface area contributed by atoms with Gasteiger partial charge in [-0.2, -0.15) is 0 Å². The van der Waals surface area contributed by atoms with Crippen LogP contribution in [0.1, 0.15) is 31.1 Å². The molecule has 0 aliphatic carbocycles. The quantitative estimate of drug-likeness (QED) is 0.118. The van der Waals surface area contributed by atoms with Gasteiger partial charge < -0.3 is 46.4 Å². The summed E-state index contributed by atoms with van der Waals surface area (Å²) >= 11 is 2.15. The van der Waals surface area contributed by atoms with Gasteiger partial charge in [0.05, 0.1) is 52.9 Å². The highest BCUT2D eigenvalue weighted by Gasteiger charge is 2.19. The van der Waals surface area contributed by atoms with Gasteiger partial charge in [0.25, 0.3) is 11.8 Å². The Labute approximate surface area is 247 Å². The zero-order valence-corrected chi connectivity index (χ0v) is 24.6. The molecule has 220 valence electrons. The first-order valence-electron chi connectivity index (χ1n) is 12.9. The summed E-state index contributed by atoms with van der Waals surface area (Å²) < 4.78 is 22.8. The lowest BCUT2D eigenvalue weighted by Crippen LogP contribution is -2.37. The van der Waals surface area contributed by atoms with E-state index in [9.17, 15) is 14.4 Å². The van der Waals surface area contributed by atoms with Crippen LogP contribution in [0.5, 0.6) is 0 Å². The van der Waals surface area contributed by atoms with E-state index in [-0.39, 0.29) is 54.9 Å². The average Bonchev–Trinajstić information content (AvgIpc) is 2.94. The summed E-state index contributed by atoms with van der Waals surface area (Å²) in [6.45, 7) is 4.24. The highest BCUT2D eigenvalue weighted by atomic mass is 127. The van der Waals surface area contributed by atoms with E-state index < -0.39 is 5.91 Å². The molecule has 12 nitrogen and oxygen atoms in total. The molecule has 0 fully saturated rings. The standard InChI is InChI=1S/C27H38IN5O7/c28-23-3-1-20(2-4-23)26(35)32-24-18-21(25(31)34)17-22(19-24)27(36)33(7-11-39-15-13-37-9-5-29)8-12-40-16-14-38-10-6-30/h1-4,17-19H,5-16,29-30H2,(H2,31,34)(H,32,35). The minimum atomic E-state index is -0.729. The van der Waals surface area contributed by atoms with Gasteiger partial charge in [-0.3, -0.25) is 14.4 Å². The number of nitrogens with two attached hydrogens (primary N) is 3. The van der Waals surface area contributed by atoms with E-state index in [0.717, 1.165) is 3.57 Å². The summed E-state index contributed by atoms with van der Waals surface area (Å²) in [5.41, 5.74) is 17.3. The zero-order valence-electron chi connectivity index (χ0n) is 22.4. The lowest BCUT2D eigenvalue weighted by atomic mass is 10.1. The van der Waals surface area contributed by atoms with Gasteiger partial charge in [0.1, 0.15) is 0 Å². The molecule has 0 heterocycles. The molecule has 0 saturated heterocycles. The molecule has 0 saturated carbocycles. The fraction of sp³-hybridized carbons (Fsp3) is 0.444. The molecule has 0 aliphatic rings. The first-order valence-corrected chi connectivity index (χ1v) is 14.0. The average molecular weight is 672 g/mol. The molecule has 40 heavy (non-hydrogen) atoms. The summed E-state index contributed by atoms with van der Waals surface area (Å²) in [6, 6.07) is 11.3. The maximum Gasteiger partial charge on any atom is 0.255 e. The smallest absolute Gasteiger partial charge is 0.255 e. The van der Waals surface area contributed by atoms with Crippen molar-refractivity contribution in [3.8, 4) is 0 Å². The van der Waals surface area contributed by atoms with E-state index in [4.69, 9.17) is 36.1 Å². The predicted molar refractivity (Wildman–Crippen MR) is 159 cm³/mol. The summed E-state index contributed by atoms with van der Waals surface area (Å²) in [6.07, 6.45) is 0. The Hall–Kier alpha value is -2.66. The van der Waals surface area contributed by atoms with Crippen molar-refractivity contribution in [3.05, 3.63) is 62.7 Å². The van der Waals surface area contributed by atoms with E-state index in [1.807, 2.05) is 0 Å². The number of ether oxygens (including phenoxy) is 4. The molecule has 0 bridgehead atoms. The van der Waals surface area contributed by atoms with Crippen LogP contribution < -0.4 is 22.5 Å². The van der Waals surface area contributed by atoms with Crippen LogP contribution in [-0.4, -0.2) is 102 Å². The van der Waals surface area contributed by atoms with Crippen molar-refractivity contribution in [2.45, 2.75) is 0 Å². The number of nitrogens with one attached hydrogen (secondary N) is 1. The number of carbonyl (C=O) groups excluding carboxylic acids is 3. The fourth-order valence-corrected chi connectivity index (χ4v) is 3.79. The van der Waals surface area contributed by atoms with Crippen LogP contribution in [0.4, 0.5) is 5.69 Å². The van der Waals surface area contributed by atoms with Crippen LogP contribution in [0.3, 0.4) is 0 Å². The molecule has 0 unspecified atom stereocenters. The molecule has 0 aliphatic heterocycles. The maximum atomic E-state index is 13.5. The molecule has 3 amide bonds. The molecule has 0 spiro atoms. The number of primary amides is 1. The highest BCUT2D eigenvalue weighted by molar-refractivity contribution is 14.1. The van der Waals surface area contributed by atoms with Gasteiger partial charge in [-0.1, -0.05) is 0 Å². The lowest BCUT2D eigenvalue weighted by molar-refractivity contribution is 0.0242. The van der Waals surface area contributed by atoms with Crippen LogP contribution in [-0.2, 0) is 18.9 Å². The van der Waals surface area contributed by atoms with Gasteiger partial charge in [0.15, 0.2) is 0 Å². The third-order valence-corrected chi connectivity index (χ3v) is 6.11. The second kappa shape index (κ2) is 19.4. The van der Waals surface area contributed by atoms with Crippen LogP contribution in [0.2, 0.25) is 0 Å². The monoisotopic (exact) mass is 671 g/mol. The highest BCUT2D eigenvalue weighted by Crippen LogP contribution is 2.18. The number of hydrogen-bond acceptors (Lipinski definition) is 9. The second-order valence-corrected chi connectivity index (χ2v) is 9.69. The largest absolute Gasteiger partial charge is 0.378 e. The summed E-state index contributed by atoms with van der Waals surface area (Å²) in [5, 5.41) is 2.75. The third-order valence-electron chi connectivity index (χ3n) is 5.40. The van der Waals surface area contributed by atoms with E-state index in [0.29, 0.717) is 58.3 Å². The summed E-state index contributed by atoms with van der Waals surface area (Å²) in [7, 11) is 0. The van der Waals surface area contributed by atoms with Crippen LogP contribution in [0.25, 0.3) is 0 Å². The van der Waals surface area contributed by atoms with Crippen LogP contribution in [0, 0.1) is 3.57 Å². The molecule has 0 atom stereocenters. The van der Waals surface area contributed by atoms with Crippen molar-refractivity contribution < 1.29 is 33.3 Å². The van der Waals surface area contributed by atoms with Crippen molar-refractivity contribution >= 4 is 46.0 Å². The maximum absolute atomic E-state index is 13.5. The number of halogens is 1. The minimum Gasteiger partial charge on any atom is -0.378 e. The van der Waals surface area contributed by atoms with Crippen LogP contribution >= 0.6 is 22.6 Å². The molecule has 7 N–H and O–H groups in total. The van der Waals surface area contributed by atoms with Crippen LogP contribution in [0.15, 0.2) is 42.5 Å². The number of rotatable bonds is 20. The van der Waals surface area contributed by atoms with Gasteiger partial charge >= 0.3 is 0 Å². The molecular weight excluding hydrogens is 633 g/mol. The summed E-state index contributed by atoms with van der Waals surface area (Å²) in [4.78, 5) is 39.9. The van der Waals surface area contributed by atoms with Gasteiger partial charge in [-0.25, -0.2) is 0 Å². The molecule has 2 rings (SSSR count). The molecular formula is C27H38IN5O7. The van der Waals surface area contributed by atoms with Crippen molar-refractivity contribution in [1.29, 1.82) is 0 Å². The number of hydrogen-bond donors (Lipinski definition) is 4. The second-order valence-electron chi connectivity index (χ2n) is 8.44. The van der Waals surface area contributed by atoms with Crippen molar-refractivity contribution in [1.82, 2.24) is 4.90 Å². The number of carbonyl (C=O) groups is 3. The molecule has 2 aromatic carbocycles. The van der Waals surface area contributed by atoms with Crippen molar-refractivity contribution in [2.24, 2.45) is 17.2 Å². The molecule has 2 aromatic rings. The Morgan fingerprint density at radius 1 is 0.700 bits per heavy atom. The van der Waals surface area contributed by atoms with Gasteiger partial charge in [0.2, 0.25) is 5.91 Å². The fourth-order valence-electron chi connectivity index (χ4n) is 3.43. The van der Waals surface area contributed by atoms with Gasteiger partial charge in [0, 0.05) is 52.1 Å². The van der Waals surface area contributed by atoms with Crippen molar-refractivity contribution in [2.75, 3.05) is 84.4 Å². The Kier molecular flexibility index (Phi) is 16.3.